The standard InChI is InChI=1S/C24H23ClN6OS/c1-13(16-6-7-17(25)33-16)19-18-21(30-29-19)27-23(28-22(18)32)31-10-8-24(9-11-31)12-14-4-2-3-5-15(14)20(24)26/h2-7,20H,1,8-12,26H2,(H2,27,28,29,30,32)/t20-/m1/s1. The first-order valence-electron chi connectivity index (χ1n) is 11.0. The number of fused-ring (bicyclic) bond motifs is 2. The molecule has 1 saturated heterocycles. The summed E-state index contributed by atoms with van der Waals surface area (Å²) in [4.78, 5) is 23.7. The first-order valence-corrected chi connectivity index (χ1v) is 12.2. The Kier molecular flexibility index (Phi) is 4.72. The second kappa shape index (κ2) is 7.55. The lowest BCUT2D eigenvalue weighted by Gasteiger charge is -2.42. The molecule has 6 rings (SSSR count). The molecule has 7 nitrogen and oxygen atoms in total. The molecule has 4 aromatic rings. The molecular weight excluding hydrogens is 456 g/mol. The summed E-state index contributed by atoms with van der Waals surface area (Å²) in [6, 6.07) is 12.2. The number of aromatic nitrogens is 4. The van der Waals surface area contributed by atoms with E-state index in [4.69, 9.17) is 17.3 Å². The highest BCUT2D eigenvalue weighted by molar-refractivity contribution is 7.17. The van der Waals surface area contributed by atoms with Crippen molar-refractivity contribution in [2.75, 3.05) is 18.0 Å². The van der Waals surface area contributed by atoms with E-state index in [0.29, 0.717) is 32.6 Å². The van der Waals surface area contributed by atoms with Crippen molar-refractivity contribution in [1.82, 2.24) is 20.2 Å². The summed E-state index contributed by atoms with van der Waals surface area (Å²) in [5.74, 6) is 0.550. The van der Waals surface area contributed by atoms with Gasteiger partial charge in [0, 0.05) is 29.6 Å². The van der Waals surface area contributed by atoms with Gasteiger partial charge >= 0.3 is 0 Å². The van der Waals surface area contributed by atoms with Gasteiger partial charge in [-0.05, 0) is 47.9 Å². The van der Waals surface area contributed by atoms with Gasteiger partial charge in [-0.1, -0.05) is 42.4 Å². The predicted octanol–water partition coefficient (Wildman–Crippen LogP) is 4.27. The van der Waals surface area contributed by atoms with Crippen LogP contribution in [0.15, 0.2) is 47.8 Å². The van der Waals surface area contributed by atoms with E-state index in [1.165, 1.54) is 22.5 Å². The van der Waals surface area contributed by atoms with E-state index in [2.05, 4.69) is 55.9 Å². The molecule has 9 heteroatoms. The molecule has 0 unspecified atom stereocenters. The molecular formula is C24H23ClN6OS. The number of anilines is 1. The maximum atomic E-state index is 13.0. The Balaban J connectivity index is 1.26. The minimum absolute atomic E-state index is 0.0519. The maximum absolute atomic E-state index is 13.0. The highest BCUT2D eigenvalue weighted by atomic mass is 35.5. The molecule has 1 aliphatic heterocycles. The van der Waals surface area contributed by atoms with Crippen LogP contribution >= 0.6 is 22.9 Å². The quantitative estimate of drug-likeness (QED) is 0.408. The zero-order chi connectivity index (χ0) is 22.7. The van der Waals surface area contributed by atoms with Crippen molar-refractivity contribution in [2.24, 2.45) is 11.1 Å². The monoisotopic (exact) mass is 478 g/mol. The molecule has 1 aliphatic carbocycles. The molecule has 4 heterocycles. The fourth-order valence-corrected chi connectivity index (χ4v) is 6.38. The van der Waals surface area contributed by atoms with E-state index >= 15 is 0 Å². The number of piperidine rings is 1. The van der Waals surface area contributed by atoms with Crippen LogP contribution < -0.4 is 16.2 Å². The van der Waals surface area contributed by atoms with Crippen molar-refractivity contribution in [3.63, 3.8) is 0 Å². The largest absolute Gasteiger partial charge is 0.342 e. The molecule has 1 fully saturated rings. The second-order valence-electron chi connectivity index (χ2n) is 8.97. The van der Waals surface area contributed by atoms with E-state index in [-0.39, 0.29) is 17.0 Å². The molecule has 33 heavy (non-hydrogen) atoms. The van der Waals surface area contributed by atoms with Gasteiger partial charge < -0.3 is 10.6 Å². The van der Waals surface area contributed by atoms with E-state index < -0.39 is 0 Å². The summed E-state index contributed by atoms with van der Waals surface area (Å²) in [6.07, 6.45) is 2.91. The minimum atomic E-state index is -0.229. The van der Waals surface area contributed by atoms with Crippen molar-refractivity contribution in [3.05, 3.63) is 79.4 Å². The molecule has 0 bridgehead atoms. The molecule has 0 saturated carbocycles. The Bertz CT molecular complexity index is 1440. The predicted molar refractivity (Wildman–Crippen MR) is 133 cm³/mol. The average Bonchev–Trinajstić information content (AvgIpc) is 3.51. The van der Waals surface area contributed by atoms with E-state index in [0.717, 1.165) is 37.2 Å². The van der Waals surface area contributed by atoms with Crippen molar-refractivity contribution >= 4 is 45.5 Å². The van der Waals surface area contributed by atoms with Crippen molar-refractivity contribution in [1.29, 1.82) is 0 Å². The van der Waals surface area contributed by atoms with Gasteiger partial charge in [0.1, 0.15) is 5.39 Å². The fraction of sp³-hybridized carbons (Fsp3) is 0.292. The van der Waals surface area contributed by atoms with E-state index in [9.17, 15) is 4.79 Å². The Hall–Kier alpha value is -2.94. The molecule has 1 aromatic carbocycles. The summed E-state index contributed by atoms with van der Waals surface area (Å²) in [5, 5.41) is 7.66. The zero-order valence-corrected chi connectivity index (χ0v) is 19.5. The average molecular weight is 479 g/mol. The van der Waals surface area contributed by atoms with Gasteiger partial charge in [0.05, 0.1) is 10.0 Å². The summed E-state index contributed by atoms with van der Waals surface area (Å²) in [6.45, 7) is 5.70. The Labute approximate surface area is 199 Å². The maximum Gasteiger partial charge on any atom is 0.264 e. The van der Waals surface area contributed by atoms with Crippen LogP contribution in [-0.2, 0) is 6.42 Å². The molecule has 4 N–H and O–H groups in total. The lowest BCUT2D eigenvalue weighted by Crippen LogP contribution is -2.45. The van der Waals surface area contributed by atoms with Gasteiger partial charge in [-0.25, -0.2) is 0 Å². The molecule has 2 aliphatic rings. The zero-order valence-electron chi connectivity index (χ0n) is 17.9. The van der Waals surface area contributed by atoms with E-state index in [1.54, 1.807) is 0 Å². The van der Waals surface area contributed by atoms with Crippen molar-refractivity contribution < 1.29 is 0 Å². The normalized spacial score (nSPS) is 19.3. The lowest BCUT2D eigenvalue weighted by molar-refractivity contribution is 0.187. The number of nitrogens with one attached hydrogen (secondary N) is 2. The van der Waals surface area contributed by atoms with Crippen molar-refractivity contribution in [3.8, 4) is 0 Å². The van der Waals surface area contributed by atoms with Gasteiger partial charge in [-0.3, -0.25) is 14.9 Å². The first-order chi connectivity index (χ1) is 15.9. The van der Waals surface area contributed by atoms with E-state index in [1.807, 2.05) is 12.1 Å². The number of rotatable bonds is 3. The molecule has 0 amide bonds. The summed E-state index contributed by atoms with van der Waals surface area (Å²) in [5.41, 5.74) is 10.8. The number of hydrogen-bond donors (Lipinski definition) is 3. The van der Waals surface area contributed by atoms with Crippen LogP contribution in [-0.4, -0.2) is 33.3 Å². The summed E-state index contributed by atoms with van der Waals surface area (Å²) in [7, 11) is 0. The van der Waals surface area contributed by atoms with Crippen molar-refractivity contribution in [2.45, 2.75) is 25.3 Å². The number of nitrogens with two attached hydrogens (primary N) is 1. The topological polar surface area (TPSA) is 104 Å². The number of nitrogens with zero attached hydrogens (tertiary/aromatic N) is 3. The minimum Gasteiger partial charge on any atom is -0.342 e. The Morgan fingerprint density at radius 2 is 2.03 bits per heavy atom. The van der Waals surface area contributed by atoms with Crippen LogP contribution in [0.1, 0.15) is 40.6 Å². The fourth-order valence-electron chi connectivity index (χ4n) is 5.36. The van der Waals surface area contributed by atoms with Gasteiger partial charge in [0.25, 0.3) is 5.56 Å². The Morgan fingerprint density at radius 3 is 2.76 bits per heavy atom. The van der Waals surface area contributed by atoms with Crippen LogP contribution in [0.4, 0.5) is 5.95 Å². The number of halogens is 1. The second-order valence-corrected chi connectivity index (χ2v) is 10.7. The smallest absolute Gasteiger partial charge is 0.264 e. The highest BCUT2D eigenvalue weighted by Crippen LogP contribution is 2.50. The highest BCUT2D eigenvalue weighted by Gasteiger charge is 2.46. The van der Waals surface area contributed by atoms with Crippen LogP contribution in [0.25, 0.3) is 16.6 Å². The SMILES string of the molecule is C=C(c1ccc(Cl)s1)c1[nH]nc2nc(N3CCC4(CC3)Cc3ccccc3[C@H]4N)[nH]c(=O)c12. The van der Waals surface area contributed by atoms with Gasteiger partial charge in [0.2, 0.25) is 5.95 Å². The number of H-pyrrole nitrogens is 2. The molecule has 168 valence electrons. The molecule has 1 atom stereocenters. The molecule has 1 spiro atoms. The lowest BCUT2D eigenvalue weighted by atomic mass is 9.73. The van der Waals surface area contributed by atoms with Crippen LogP contribution in [0, 0.1) is 5.41 Å². The number of hydrogen-bond acceptors (Lipinski definition) is 6. The van der Waals surface area contributed by atoms with Crippen LogP contribution in [0.3, 0.4) is 0 Å². The third-order valence-electron chi connectivity index (χ3n) is 7.23. The van der Waals surface area contributed by atoms with Gasteiger partial charge in [0.15, 0.2) is 5.65 Å². The summed E-state index contributed by atoms with van der Waals surface area (Å²) < 4.78 is 0.664. The van der Waals surface area contributed by atoms with Crippen LogP contribution in [0.2, 0.25) is 4.34 Å². The third-order valence-corrected chi connectivity index (χ3v) is 8.53. The number of thiophene rings is 1. The number of aromatic amines is 2. The molecule has 0 radical (unpaired) electrons. The summed E-state index contributed by atoms with van der Waals surface area (Å²) >= 11 is 7.47. The molecule has 3 aromatic heterocycles. The number of benzene rings is 1. The first kappa shape index (κ1) is 20.7. The van der Waals surface area contributed by atoms with Gasteiger partial charge in [-0.2, -0.15) is 10.1 Å². The third kappa shape index (κ3) is 3.24. The Morgan fingerprint density at radius 1 is 1.24 bits per heavy atom. The van der Waals surface area contributed by atoms with Crippen LogP contribution in [0.5, 0.6) is 0 Å². The van der Waals surface area contributed by atoms with Gasteiger partial charge in [-0.15, -0.1) is 11.3 Å².